The topological polar surface area (TPSA) is 29.5 Å². The largest absolute Gasteiger partial charge is 0.385 e. The second-order valence-corrected chi connectivity index (χ2v) is 4.12. The molecular weight excluding hydrogens is 178 g/mol. The Bertz CT molecular complexity index is 182. The van der Waals surface area contributed by atoms with Gasteiger partial charge in [-0.2, -0.15) is 0 Å². The van der Waals surface area contributed by atoms with Gasteiger partial charge >= 0.3 is 0 Å². The zero-order valence-corrected chi connectivity index (χ0v) is 9.29. The predicted molar refractivity (Wildman–Crippen MR) is 56.3 cm³/mol. The number of nitrogens with zero attached hydrogens (tertiary/aromatic N) is 1. The van der Waals surface area contributed by atoms with E-state index in [0.29, 0.717) is 5.78 Å². The van der Waals surface area contributed by atoms with E-state index in [-0.39, 0.29) is 5.92 Å². The van der Waals surface area contributed by atoms with Gasteiger partial charge < -0.3 is 9.64 Å². The van der Waals surface area contributed by atoms with E-state index in [2.05, 4.69) is 4.90 Å². The Morgan fingerprint density at radius 2 is 2.29 bits per heavy atom. The summed E-state index contributed by atoms with van der Waals surface area (Å²) in [6.07, 6.45) is 3.04. The van der Waals surface area contributed by atoms with Gasteiger partial charge in [0.05, 0.1) is 0 Å². The fraction of sp³-hybridized carbons (Fsp3) is 0.909. The van der Waals surface area contributed by atoms with Crippen LogP contribution in [0.2, 0.25) is 0 Å². The van der Waals surface area contributed by atoms with E-state index in [1.807, 2.05) is 6.92 Å². The van der Waals surface area contributed by atoms with E-state index in [4.69, 9.17) is 4.74 Å². The molecule has 0 aromatic rings. The lowest BCUT2D eigenvalue weighted by Gasteiger charge is -2.29. The van der Waals surface area contributed by atoms with Crippen molar-refractivity contribution in [2.75, 3.05) is 33.4 Å². The van der Waals surface area contributed by atoms with Crippen molar-refractivity contribution in [3.05, 3.63) is 0 Å². The number of hydrogen-bond donors (Lipinski definition) is 0. The Kier molecular flexibility index (Phi) is 5.12. The zero-order chi connectivity index (χ0) is 10.4. The molecule has 1 saturated heterocycles. The number of rotatable bonds is 5. The smallest absolute Gasteiger partial charge is 0.138 e. The molecule has 82 valence electrons. The lowest BCUT2D eigenvalue weighted by atomic mass is 9.98. The van der Waals surface area contributed by atoms with Crippen LogP contribution in [0.3, 0.4) is 0 Å². The maximum absolute atomic E-state index is 11.3. The molecule has 0 aliphatic carbocycles. The van der Waals surface area contributed by atoms with E-state index in [9.17, 15) is 4.79 Å². The van der Waals surface area contributed by atoms with Gasteiger partial charge in [0.15, 0.2) is 0 Å². The normalized spacial score (nSPS) is 24.1. The number of Topliss-reactive ketones (excluding diaryl/α,β-unsaturated/α-hetero) is 1. The number of carbonyl (C=O) groups is 1. The maximum atomic E-state index is 11.3. The van der Waals surface area contributed by atoms with Crippen LogP contribution in [0.15, 0.2) is 0 Å². The minimum atomic E-state index is 0.242. The molecule has 0 bridgehead atoms. The molecule has 1 fully saturated rings. The fourth-order valence-corrected chi connectivity index (χ4v) is 1.88. The predicted octanol–water partition coefficient (Wildman–Crippen LogP) is 1.32. The lowest BCUT2D eigenvalue weighted by Crippen LogP contribution is -2.40. The number of carbonyl (C=O) groups excluding carboxylic acids is 1. The number of unbranched alkanes of at least 4 members (excludes halogenated alkanes) is 1. The van der Waals surface area contributed by atoms with Crippen LogP contribution < -0.4 is 0 Å². The monoisotopic (exact) mass is 199 g/mol. The number of likely N-dealkylation sites (tertiary alicyclic amines) is 1. The first-order valence-corrected chi connectivity index (χ1v) is 5.48. The van der Waals surface area contributed by atoms with Crippen molar-refractivity contribution in [3.63, 3.8) is 0 Å². The maximum Gasteiger partial charge on any atom is 0.138 e. The van der Waals surface area contributed by atoms with Gasteiger partial charge in [-0.1, -0.05) is 6.92 Å². The molecule has 14 heavy (non-hydrogen) atoms. The van der Waals surface area contributed by atoms with Crippen molar-refractivity contribution in [2.24, 2.45) is 5.92 Å². The SMILES string of the molecule is COCCCCN1CCC(=O)C(C)C1. The van der Waals surface area contributed by atoms with Gasteiger partial charge in [-0.25, -0.2) is 0 Å². The molecule has 0 spiro atoms. The van der Waals surface area contributed by atoms with Crippen molar-refractivity contribution < 1.29 is 9.53 Å². The van der Waals surface area contributed by atoms with Crippen LogP contribution in [0, 0.1) is 5.92 Å². The third-order valence-electron chi connectivity index (χ3n) is 2.83. The molecule has 1 unspecified atom stereocenters. The van der Waals surface area contributed by atoms with Gasteiger partial charge in [0.2, 0.25) is 0 Å². The Labute approximate surface area is 86.4 Å². The summed E-state index contributed by atoms with van der Waals surface area (Å²) < 4.78 is 5.00. The van der Waals surface area contributed by atoms with Crippen molar-refractivity contribution >= 4 is 5.78 Å². The number of methoxy groups -OCH3 is 1. The van der Waals surface area contributed by atoms with Gasteiger partial charge in [-0.3, -0.25) is 4.79 Å². The number of ether oxygens (including phenoxy) is 1. The van der Waals surface area contributed by atoms with Crippen LogP contribution >= 0.6 is 0 Å². The number of hydrogen-bond acceptors (Lipinski definition) is 3. The summed E-state index contributed by atoms with van der Waals surface area (Å²) in [6, 6.07) is 0. The summed E-state index contributed by atoms with van der Waals surface area (Å²) in [5.74, 6) is 0.671. The van der Waals surface area contributed by atoms with E-state index < -0.39 is 0 Å². The van der Waals surface area contributed by atoms with Crippen molar-refractivity contribution in [1.29, 1.82) is 0 Å². The van der Waals surface area contributed by atoms with E-state index >= 15 is 0 Å². The number of piperidine rings is 1. The van der Waals surface area contributed by atoms with Crippen molar-refractivity contribution in [3.8, 4) is 0 Å². The van der Waals surface area contributed by atoms with Crippen LogP contribution in [-0.4, -0.2) is 44.0 Å². The average molecular weight is 199 g/mol. The molecular formula is C11H21NO2. The molecule has 0 aromatic carbocycles. The van der Waals surface area contributed by atoms with Gasteiger partial charge in [0.1, 0.15) is 5.78 Å². The minimum Gasteiger partial charge on any atom is -0.385 e. The molecule has 0 radical (unpaired) electrons. The quantitative estimate of drug-likeness (QED) is 0.625. The highest BCUT2D eigenvalue weighted by molar-refractivity contribution is 5.81. The molecule has 1 aliphatic heterocycles. The molecule has 1 aliphatic rings. The van der Waals surface area contributed by atoms with Gasteiger partial charge in [0, 0.05) is 39.1 Å². The van der Waals surface area contributed by atoms with Gasteiger partial charge in [-0.05, 0) is 19.4 Å². The highest BCUT2D eigenvalue weighted by Gasteiger charge is 2.22. The Balaban J connectivity index is 2.10. The average Bonchev–Trinajstić information content (AvgIpc) is 2.18. The lowest BCUT2D eigenvalue weighted by molar-refractivity contribution is -0.125. The first-order chi connectivity index (χ1) is 6.74. The van der Waals surface area contributed by atoms with E-state index in [0.717, 1.165) is 39.1 Å². The molecule has 0 N–H and O–H groups in total. The van der Waals surface area contributed by atoms with Crippen LogP contribution in [0.1, 0.15) is 26.2 Å². The van der Waals surface area contributed by atoms with Crippen LogP contribution in [-0.2, 0) is 9.53 Å². The molecule has 0 amide bonds. The third-order valence-corrected chi connectivity index (χ3v) is 2.83. The Morgan fingerprint density at radius 3 is 2.93 bits per heavy atom. The summed E-state index contributed by atoms with van der Waals surface area (Å²) in [5, 5.41) is 0. The highest BCUT2D eigenvalue weighted by atomic mass is 16.5. The molecule has 0 aromatic heterocycles. The molecule has 1 atom stereocenters. The first kappa shape index (κ1) is 11.7. The summed E-state index contributed by atoms with van der Waals surface area (Å²) in [4.78, 5) is 13.7. The summed E-state index contributed by atoms with van der Waals surface area (Å²) in [7, 11) is 1.74. The van der Waals surface area contributed by atoms with E-state index in [1.54, 1.807) is 7.11 Å². The van der Waals surface area contributed by atoms with E-state index in [1.165, 1.54) is 6.42 Å². The standard InChI is InChI=1S/C11H21NO2/c1-10-9-12(7-5-11(10)13)6-3-4-8-14-2/h10H,3-9H2,1-2H3. The van der Waals surface area contributed by atoms with Crippen LogP contribution in [0.5, 0.6) is 0 Å². The van der Waals surface area contributed by atoms with Crippen molar-refractivity contribution in [1.82, 2.24) is 4.90 Å². The molecule has 1 rings (SSSR count). The third kappa shape index (κ3) is 3.76. The second kappa shape index (κ2) is 6.14. The zero-order valence-electron chi connectivity index (χ0n) is 9.29. The second-order valence-electron chi connectivity index (χ2n) is 4.12. The molecule has 0 saturated carbocycles. The molecule has 3 heteroatoms. The fourth-order valence-electron chi connectivity index (χ4n) is 1.88. The van der Waals surface area contributed by atoms with Crippen LogP contribution in [0.4, 0.5) is 0 Å². The van der Waals surface area contributed by atoms with Crippen molar-refractivity contribution in [2.45, 2.75) is 26.2 Å². The molecule has 3 nitrogen and oxygen atoms in total. The Hall–Kier alpha value is -0.410. The van der Waals surface area contributed by atoms with Gasteiger partial charge in [0.25, 0.3) is 0 Å². The van der Waals surface area contributed by atoms with Gasteiger partial charge in [-0.15, -0.1) is 0 Å². The molecule has 1 heterocycles. The summed E-state index contributed by atoms with van der Waals surface area (Å²) in [6.45, 7) is 5.90. The summed E-state index contributed by atoms with van der Waals surface area (Å²) >= 11 is 0. The minimum absolute atomic E-state index is 0.242. The summed E-state index contributed by atoms with van der Waals surface area (Å²) in [5.41, 5.74) is 0. The first-order valence-electron chi connectivity index (χ1n) is 5.48. The Morgan fingerprint density at radius 1 is 1.50 bits per heavy atom. The van der Waals surface area contributed by atoms with Crippen LogP contribution in [0.25, 0.3) is 0 Å². The highest BCUT2D eigenvalue weighted by Crippen LogP contribution is 2.12. The number of ketones is 1.